The molecule has 1 heterocycles. The molecule has 1 N–H and O–H groups in total. The fourth-order valence-corrected chi connectivity index (χ4v) is 3.50. The molecule has 0 bridgehead atoms. The second kappa shape index (κ2) is 8.35. The number of benzene rings is 2. The molecule has 2 aromatic carbocycles. The van der Waals surface area contributed by atoms with Crippen LogP contribution in [-0.2, 0) is 4.79 Å². The molecule has 0 aliphatic rings. The number of anilines is 1. The molecule has 1 amide bonds. The van der Waals surface area contributed by atoms with E-state index in [2.05, 4.69) is 20.8 Å². The van der Waals surface area contributed by atoms with Gasteiger partial charge in [-0.05, 0) is 67.4 Å². The first-order valence-corrected chi connectivity index (χ1v) is 9.68. The van der Waals surface area contributed by atoms with E-state index in [1.807, 2.05) is 32.0 Å². The number of aromatic nitrogens is 4. The third-order valence-electron chi connectivity index (χ3n) is 4.25. The Bertz CT molecular complexity index is 1030. The number of para-hydroxylation sites is 1. The highest BCUT2D eigenvalue weighted by Gasteiger charge is 2.21. The number of Topliss-reactive ketones (excluding diaryl/α,β-unsaturated/α-hetero) is 1. The Hall–Kier alpha value is -3.00. The number of rotatable bonds is 6. The number of hydrogen-bond acceptors (Lipinski definition) is 6. The number of carbonyl (C=O) groups is 2. The van der Waals surface area contributed by atoms with E-state index in [9.17, 15) is 9.59 Å². The van der Waals surface area contributed by atoms with Crippen molar-refractivity contribution in [2.75, 3.05) is 5.32 Å². The lowest BCUT2D eigenvalue weighted by atomic mass is 10.1. The molecule has 0 saturated carbocycles. The van der Waals surface area contributed by atoms with E-state index in [-0.39, 0.29) is 11.7 Å². The highest BCUT2D eigenvalue weighted by Crippen LogP contribution is 2.26. The summed E-state index contributed by atoms with van der Waals surface area (Å²) in [5, 5.41) is 14.8. The van der Waals surface area contributed by atoms with Crippen LogP contribution in [-0.4, -0.2) is 37.1 Å². The van der Waals surface area contributed by atoms with Gasteiger partial charge >= 0.3 is 0 Å². The van der Waals surface area contributed by atoms with E-state index in [1.54, 1.807) is 35.9 Å². The van der Waals surface area contributed by atoms with Crippen molar-refractivity contribution in [2.45, 2.75) is 38.1 Å². The summed E-state index contributed by atoms with van der Waals surface area (Å²) in [6.07, 6.45) is 0. The van der Waals surface area contributed by atoms with Crippen LogP contribution >= 0.6 is 11.8 Å². The number of amides is 1. The molecule has 0 aliphatic carbocycles. The number of nitrogens with zero attached hydrogens (tertiary/aromatic N) is 4. The van der Waals surface area contributed by atoms with Crippen LogP contribution in [0.4, 0.5) is 5.69 Å². The summed E-state index contributed by atoms with van der Waals surface area (Å²) in [6, 6.07) is 13.0. The molecule has 144 valence electrons. The zero-order chi connectivity index (χ0) is 20.3. The van der Waals surface area contributed by atoms with Gasteiger partial charge in [0.15, 0.2) is 5.78 Å². The van der Waals surface area contributed by atoms with Crippen molar-refractivity contribution in [3.05, 3.63) is 59.2 Å². The fourth-order valence-electron chi connectivity index (χ4n) is 2.70. The lowest BCUT2D eigenvalue weighted by molar-refractivity contribution is -0.115. The van der Waals surface area contributed by atoms with Gasteiger partial charge in [0.25, 0.3) is 0 Å². The maximum Gasteiger partial charge on any atom is 0.237 e. The largest absolute Gasteiger partial charge is 0.324 e. The zero-order valence-electron chi connectivity index (χ0n) is 16.1. The summed E-state index contributed by atoms with van der Waals surface area (Å²) >= 11 is 1.26. The Morgan fingerprint density at radius 2 is 1.89 bits per heavy atom. The molecule has 0 radical (unpaired) electrons. The monoisotopic (exact) mass is 395 g/mol. The lowest BCUT2D eigenvalue weighted by Gasteiger charge is -2.14. The van der Waals surface area contributed by atoms with Gasteiger partial charge in [-0.15, -0.1) is 5.10 Å². The number of nitrogens with one attached hydrogen (secondary N) is 1. The summed E-state index contributed by atoms with van der Waals surface area (Å²) < 4.78 is 1.64. The van der Waals surface area contributed by atoms with Crippen LogP contribution in [0.25, 0.3) is 5.69 Å². The molecule has 1 atom stereocenters. The minimum atomic E-state index is -0.463. The van der Waals surface area contributed by atoms with E-state index >= 15 is 0 Å². The van der Waals surface area contributed by atoms with Crippen molar-refractivity contribution < 1.29 is 9.59 Å². The minimum Gasteiger partial charge on any atom is -0.324 e. The van der Waals surface area contributed by atoms with Crippen molar-refractivity contribution >= 4 is 29.1 Å². The molecule has 0 fully saturated rings. The number of tetrazole rings is 1. The van der Waals surface area contributed by atoms with E-state index < -0.39 is 5.25 Å². The van der Waals surface area contributed by atoms with Crippen molar-refractivity contribution in [1.82, 2.24) is 20.2 Å². The van der Waals surface area contributed by atoms with Crippen molar-refractivity contribution in [3.63, 3.8) is 0 Å². The minimum absolute atomic E-state index is 0.102. The van der Waals surface area contributed by atoms with Gasteiger partial charge in [-0.3, -0.25) is 9.59 Å². The molecule has 0 aliphatic heterocycles. The molecular weight excluding hydrogens is 374 g/mol. The average Bonchev–Trinajstić information content (AvgIpc) is 3.11. The van der Waals surface area contributed by atoms with Gasteiger partial charge in [-0.2, -0.15) is 4.68 Å². The van der Waals surface area contributed by atoms with Crippen LogP contribution in [0.1, 0.15) is 35.3 Å². The van der Waals surface area contributed by atoms with E-state index in [4.69, 9.17) is 0 Å². The van der Waals surface area contributed by atoms with E-state index in [0.717, 1.165) is 16.8 Å². The number of thioether (sulfide) groups is 1. The van der Waals surface area contributed by atoms with Crippen molar-refractivity contribution in [3.8, 4) is 5.69 Å². The Balaban J connectivity index is 1.78. The van der Waals surface area contributed by atoms with E-state index in [1.165, 1.54) is 18.7 Å². The van der Waals surface area contributed by atoms with E-state index in [0.29, 0.717) is 16.4 Å². The summed E-state index contributed by atoms with van der Waals surface area (Å²) in [5.41, 5.74) is 3.99. The second-order valence-corrected chi connectivity index (χ2v) is 7.82. The summed E-state index contributed by atoms with van der Waals surface area (Å²) in [4.78, 5) is 24.4. The number of carbonyl (C=O) groups excluding carboxylic acids is 2. The maximum atomic E-state index is 12.7. The lowest BCUT2D eigenvalue weighted by Crippen LogP contribution is -2.24. The van der Waals surface area contributed by atoms with Gasteiger partial charge in [0, 0.05) is 5.56 Å². The van der Waals surface area contributed by atoms with Crippen molar-refractivity contribution in [1.29, 1.82) is 0 Å². The third kappa shape index (κ3) is 4.28. The molecule has 3 aromatic rings. The Kier molecular flexibility index (Phi) is 5.89. The predicted molar refractivity (Wildman–Crippen MR) is 109 cm³/mol. The summed E-state index contributed by atoms with van der Waals surface area (Å²) in [7, 11) is 0. The number of aryl methyl sites for hydroxylation is 2. The maximum absolute atomic E-state index is 12.7. The molecule has 8 heteroatoms. The Morgan fingerprint density at radius 1 is 1.14 bits per heavy atom. The molecule has 28 heavy (non-hydrogen) atoms. The Morgan fingerprint density at radius 3 is 2.64 bits per heavy atom. The standard InChI is InChI=1S/C20H21N5O2S/c1-12-9-10-13(2)18(11-12)25-20(22-23-24-25)28-15(4)19(27)21-17-8-6-5-7-16(17)14(3)26/h5-11,15H,1-4H3,(H,21,27)/t15-/m0/s1. The summed E-state index contributed by atoms with van der Waals surface area (Å²) in [6.45, 7) is 7.24. The van der Waals surface area contributed by atoms with Crippen LogP contribution in [0, 0.1) is 13.8 Å². The van der Waals surface area contributed by atoms with Crippen molar-refractivity contribution in [2.24, 2.45) is 0 Å². The molecule has 0 saturated heterocycles. The van der Waals surface area contributed by atoms with Gasteiger partial charge in [-0.1, -0.05) is 36.0 Å². The van der Waals surface area contributed by atoms with Gasteiger partial charge in [0.05, 0.1) is 16.6 Å². The first-order chi connectivity index (χ1) is 13.4. The van der Waals surface area contributed by atoms with Gasteiger partial charge in [0.1, 0.15) is 0 Å². The average molecular weight is 395 g/mol. The SMILES string of the molecule is CC(=O)c1ccccc1NC(=O)[C@H](C)Sc1nnnn1-c1cc(C)ccc1C. The molecule has 7 nitrogen and oxygen atoms in total. The zero-order valence-corrected chi connectivity index (χ0v) is 16.9. The van der Waals surface area contributed by atoms with Crippen LogP contribution in [0.5, 0.6) is 0 Å². The third-order valence-corrected chi connectivity index (χ3v) is 5.28. The van der Waals surface area contributed by atoms with Gasteiger partial charge in [0.2, 0.25) is 11.1 Å². The fraction of sp³-hybridized carbons (Fsp3) is 0.250. The molecule has 0 spiro atoms. The van der Waals surface area contributed by atoms with Crippen LogP contribution < -0.4 is 5.32 Å². The highest BCUT2D eigenvalue weighted by molar-refractivity contribution is 8.00. The van der Waals surface area contributed by atoms with Gasteiger partial charge < -0.3 is 5.32 Å². The molecule has 1 aromatic heterocycles. The van der Waals surface area contributed by atoms with Gasteiger partial charge in [-0.25, -0.2) is 0 Å². The molecular formula is C20H21N5O2S. The summed E-state index contributed by atoms with van der Waals surface area (Å²) in [5.74, 6) is -0.329. The predicted octanol–water partition coefficient (Wildman–Crippen LogP) is 3.60. The first-order valence-electron chi connectivity index (χ1n) is 8.80. The van der Waals surface area contributed by atoms with Crippen LogP contribution in [0.3, 0.4) is 0 Å². The molecule has 0 unspecified atom stereocenters. The second-order valence-electron chi connectivity index (χ2n) is 6.51. The normalized spacial score (nSPS) is 11.9. The number of ketones is 1. The Labute approximate surface area is 167 Å². The first kappa shape index (κ1) is 19.8. The van der Waals surface area contributed by atoms with Crippen LogP contribution in [0.15, 0.2) is 47.6 Å². The quantitative estimate of drug-likeness (QED) is 0.507. The van der Waals surface area contributed by atoms with Crippen LogP contribution in [0.2, 0.25) is 0 Å². The number of hydrogen-bond donors (Lipinski definition) is 1. The topological polar surface area (TPSA) is 89.8 Å². The molecule has 3 rings (SSSR count). The highest BCUT2D eigenvalue weighted by atomic mass is 32.2. The smallest absolute Gasteiger partial charge is 0.237 e.